The molecule has 0 aliphatic heterocycles. The van der Waals surface area contributed by atoms with Gasteiger partial charge in [0.05, 0.1) is 22.9 Å². The van der Waals surface area contributed by atoms with E-state index in [1.807, 2.05) is 12.1 Å². The number of aromatic amines is 1. The van der Waals surface area contributed by atoms with Crippen LogP contribution in [0, 0.1) is 0 Å². The van der Waals surface area contributed by atoms with Crippen LogP contribution in [-0.2, 0) is 16.0 Å². The van der Waals surface area contributed by atoms with E-state index in [1.54, 1.807) is 49.1 Å². The first-order valence-electron chi connectivity index (χ1n) is 13.9. The number of rotatable bonds is 10. The molecule has 4 N–H and O–H groups in total. The Balaban J connectivity index is 1.25. The Kier molecular flexibility index (Phi) is 7.39. The highest BCUT2D eigenvalue weighted by Gasteiger charge is 2.26. The van der Waals surface area contributed by atoms with Crippen LogP contribution in [0.3, 0.4) is 0 Å². The van der Waals surface area contributed by atoms with Crippen molar-refractivity contribution in [2.45, 2.75) is 50.6 Å². The Morgan fingerprint density at radius 3 is 2.67 bits per heavy atom. The molecule has 0 bridgehead atoms. The number of hydrogen-bond donors (Lipinski definition) is 4. The third-order valence-electron chi connectivity index (χ3n) is 7.80. The molecular formula is C31H30N4O7. The first-order chi connectivity index (χ1) is 20.4. The molecule has 1 aliphatic carbocycles. The monoisotopic (exact) mass is 570 g/mol. The van der Waals surface area contributed by atoms with Gasteiger partial charge in [0.25, 0.3) is 5.91 Å². The number of ether oxygens (including phenoxy) is 1. The summed E-state index contributed by atoms with van der Waals surface area (Å²) in [7, 11) is 0. The number of nitrogens with one attached hydrogen (secondary N) is 2. The summed E-state index contributed by atoms with van der Waals surface area (Å²) in [6.45, 7) is -0.494. The van der Waals surface area contributed by atoms with Gasteiger partial charge in [-0.2, -0.15) is 0 Å². The minimum Gasteiger partial charge on any atom is -0.482 e. The number of imidazole rings is 1. The topological polar surface area (TPSA) is 160 Å². The van der Waals surface area contributed by atoms with Gasteiger partial charge in [-0.25, -0.2) is 14.6 Å². The number of hydrogen-bond acceptors (Lipinski definition) is 6. The molecule has 42 heavy (non-hydrogen) atoms. The van der Waals surface area contributed by atoms with Gasteiger partial charge in [0.2, 0.25) is 0 Å². The maximum Gasteiger partial charge on any atom is 0.341 e. The van der Waals surface area contributed by atoms with Gasteiger partial charge in [0.15, 0.2) is 6.61 Å². The van der Waals surface area contributed by atoms with E-state index in [4.69, 9.17) is 19.2 Å². The molecule has 5 aromatic rings. The molecule has 1 fully saturated rings. The third kappa shape index (κ3) is 5.45. The van der Waals surface area contributed by atoms with Gasteiger partial charge < -0.3 is 34.2 Å². The smallest absolute Gasteiger partial charge is 0.341 e. The fourth-order valence-corrected chi connectivity index (χ4v) is 5.77. The number of H-pyrrole nitrogens is 1. The van der Waals surface area contributed by atoms with E-state index < -0.39 is 30.5 Å². The highest BCUT2D eigenvalue weighted by atomic mass is 16.5. The number of aromatic nitrogens is 3. The van der Waals surface area contributed by atoms with E-state index in [2.05, 4.69) is 14.9 Å². The Labute approximate surface area is 240 Å². The second kappa shape index (κ2) is 11.4. The number of carbonyl (C=O) groups excluding carboxylic acids is 1. The molecule has 216 valence electrons. The fraction of sp³-hybridized carbons (Fsp3) is 0.290. The number of carboxylic acids is 2. The fourth-order valence-electron chi connectivity index (χ4n) is 5.77. The summed E-state index contributed by atoms with van der Waals surface area (Å²) in [5.74, 6) is -1.67. The van der Waals surface area contributed by atoms with E-state index >= 15 is 0 Å². The Morgan fingerprint density at radius 1 is 1.10 bits per heavy atom. The molecule has 1 aliphatic rings. The second-order valence-corrected chi connectivity index (χ2v) is 10.6. The zero-order valence-electron chi connectivity index (χ0n) is 22.7. The number of furan rings is 1. The van der Waals surface area contributed by atoms with Crippen LogP contribution in [0.2, 0.25) is 0 Å². The van der Waals surface area contributed by atoms with Crippen molar-refractivity contribution in [3.63, 3.8) is 0 Å². The third-order valence-corrected chi connectivity index (χ3v) is 7.80. The average molecular weight is 571 g/mol. The number of carbonyl (C=O) groups is 3. The molecule has 1 amide bonds. The van der Waals surface area contributed by atoms with Crippen LogP contribution in [0.1, 0.15) is 54.1 Å². The molecule has 0 saturated heterocycles. The van der Waals surface area contributed by atoms with Crippen molar-refractivity contribution in [2.24, 2.45) is 0 Å². The Bertz CT molecular complexity index is 1760. The number of carboxylic acid groups (broad SMARTS) is 2. The first-order valence-corrected chi connectivity index (χ1v) is 13.9. The minimum atomic E-state index is -1.21. The minimum absolute atomic E-state index is 0.00659. The van der Waals surface area contributed by atoms with Crippen LogP contribution in [-0.4, -0.2) is 55.2 Å². The van der Waals surface area contributed by atoms with Crippen LogP contribution in [0.25, 0.3) is 33.3 Å². The maximum absolute atomic E-state index is 13.3. The Morgan fingerprint density at radius 2 is 1.93 bits per heavy atom. The molecule has 1 unspecified atom stereocenters. The zero-order valence-corrected chi connectivity index (χ0v) is 22.7. The molecule has 11 nitrogen and oxygen atoms in total. The summed E-state index contributed by atoms with van der Waals surface area (Å²) < 4.78 is 12.8. The van der Waals surface area contributed by atoms with Gasteiger partial charge in [-0.1, -0.05) is 19.3 Å². The first kappa shape index (κ1) is 27.1. The lowest BCUT2D eigenvalue weighted by Gasteiger charge is -2.25. The standard InChI is InChI=1S/C31H30N4O7/c36-28(37)17-42-22-7-8-24-23(14-22)20(15-32-24)13-26(31(39)40)34-30(38)18-6-9-27-25(12-18)33-29(19-10-11-41-16-19)35(27)21-4-2-1-3-5-21/h6-12,14-16,21,26,32H,1-5,13,17H2,(H,34,38)(H,36,37)(H,39,40). The van der Waals surface area contributed by atoms with Gasteiger partial charge in [0.1, 0.15) is 23.9 Å². The van der Waals surface area contributed by atoms with Crippen molar-refractivity contribution in [2.75, 3.05) is 6.61 Å². The summed E-state index contributed by atoms with van der Waals surface area (Å²) in [6, 6.07) is 11.3. The van der Waals surface area contributed by atoms with Gasteiger partial charge in [-0.3, -0.25) is 4.79 Å². The predicted octanol–water partition coefficient (Wildman–Crippen LogP) is 5.17. The van der Waals surface area contributed by atoms with Crippen molar-refractivity contribution in [3.8, 4) is 17.1 Å². The Hall–Kier alpha value is -5.06. The van der Waals surface area contributed by atoms with E-state index in [0.29, 0.717) is 33.8 Å². The summed E-state index contributed by atoms with van der Waals surface area (Å²) in [6.07, 6.45) is 10.6. The predicted molar refractivity (Wildman–Crippen MR) is 154 cm³/mol. The molecule has 3 aromatic heterocycles. The molecule has 1 saturated carbocycles. The molecule has 1 atom stereocenters. The largest absolute Gasteiger partial charge is 0.482 e. The summed E-state index contributed by atoms with van der Waals surface area (Å²) in [4.78, 5) is 44.3. The molecule has 2 aromatic carbocycles. The highest BCUT2D eigenvalue weighted by molar-refractivity contribution is 6.00. The summed E-state index contributed by atoms with van der Waals surface area (Å²) >= 11 is 0. The van der Waals surface area contributed by atoms with Crippen LogP contribution in [0.5, 0.6) is 5.75 Å². The van der Waals surface area contributed by atoms with Crippen LogP contribution in [0.15, 0.2) is 65.6 Å². The number of aliphatic carboxylic acids is 2. The molecule has 3 heterocycles. The summed E-state index contributed by atoms with van der Waals surface area (Å²) in [5, 5.41) is 22.2. The average Bonchev–Trinajstić information content (AvgIpc) is 3.74. The number of fused-ring (bicyclic) bond motifs is 2. The van der Waals surface area contributed by atoms with Gasteiger partial charge in [-0.15, -0.1) is 0 Å². The molecule has 0 radical (unpaired) electrons. The number of amides is 1. The van der Waals surface area contributed by atoms with Crippen molar-refractivity contribution in [3.05, 3.63) is 72.3 Å². The van der Waals surface area contributed by atoms with Crippen LogP contribution < -0.4 is 10.1 Å². The molecular weight excluding hydrogens is 540 g/mol. The van der Waals surface area contributed by atoms with Crippen LogP contribution >= 0.6 is 0 Å². The summed E-state index contributed by atoms with van der Waals surface area (Å²) in [5.41, 5.74) is 4.12. The van der Waals surface area contributed by atoms with E-state index in [9.17, 15) is 19.5 Å². The number of nitrogens with zero attached hydrogens (tertiary/aromatic N) is 2. The van der Waals surface area contributed by atoms with Gasteiger partial charge in [-0.05, 0) is 60.9 Å². The second-order valence-electron chi connectivity index (χ2n) is 10.6. The lowest BCUT2D eigenvalue weighted by Crippen LogP contribution is -2.42. The van der Waals surface area contributed by atoms with Crippen molar-refractivity contribution < 1.29 is 33.8 Å². The van der Waals surface area contributed by atoms with E-state index in [-0.39, 0.29) is 6.42 Å². The quantitative estimate of drug-likeness (QED) is 0.179. The van der Waals surface area contributed by atoms with Crippen molar-refractivity contribution in [1.29, 1.82) is 0 Å². The lowest BCUT2D eigenvalue weighted by molar-refractivity contribution is -0.140. The van der Waals surface area contributed by atoms with Crippen LogP contribution in [0.4, 0.5) is 0 Å². The maximum atomic E-state index is 13.3. The zero-order chi connectivity index (χ0) is 29.2. The highest BCUT2D eigenvalue weighted by Crippen LogP contribution is 2.36. The normalized spacial score (nSPS) is 14.7. The van der Waals surface area contributed by atoms with E-state index in [1.165, 1.54) is 6.42 Å². The molecule has 11 heteroatoms. The molecule has 0 spiro atoms. The van der Waals surface area contributed by atoms with Crippen molar-refractivity contribution in [1.82, 2.24) is 19.9 Å². The number of benzene rings is 2. The SMILES string of the molecule is O=C(O)COc1ccc2[nH]cc(CC(NC(=O)c3ccc4c(c3)nc(-c3ccoc3)n4C3CCCCC3)C(=O)O)c2c1. The van der Waals surface area contributed by atoms with Gasteiger partial charge >= 0.3 is 11.9 Å². The van der Waals surface area contributed by atoms with E-state index in [0.717, 1.165) is 48.1 Å². The lowest BCUT2D eigenvalue weighted by atomic mass is 9.95. The van der Waals surface area contributed by atoms with Crippen molar-refractivity contribution >= 4 is 39.8 Å². The molecule has 6 rings (SSSR count). The van der Waals surface area contributed by atoms with Gasteiger partial charge in [0, 0.05) is 35.1 Å².